The third kappa shape index (κ3) is 2.43. The van der Waals surface area contributed by atoms with Crippen molar-refractivity contribution in [1.82, 2.24) is 14.8 Å². The number of fused-ring (bicyclic) bond motifs is 1. The first-order chi connectivity index (χ1) is 11.2. The first-order valence-corrected chi connectivity index (χ1v) is 7.49. The topological polar surface area (TPSA) is 50.9 Å². The van der Waals surface area contributed by atoms with E-state index < -0.39 is 0 Å². The van der Waals surface area contributed by atoms with E-state index in [0.29, 0.717) is 5.02 Å². The van der Waals surface area contributed by atoms with Gasteiger partial charge in [-0.2, -0.15) is 5.10 Å². The molecule has 4 aromatic rings. The van der Waals surface area contributed by atoms with Crippen molar-refractivity contribution in [2.24, 2.45) is 0 Å². The predicted molar refractivity (Wildman–Crippen MR) is 91.0 cm³/mol. The zero-order valence-corrected chi connectivity index (χ0v) is 12.8. The molecule has 0 atom stereocenters. The Balaban J connectivity index is 1.96. The fourth-order valence-corrected chi connectivity index (χ4v) is 2.67. The molecular weight excluding hydrogens is 310 g/mol. The first kappa shape index (κ1) is 13.8. The summed E-state index contributed by atoms with van der Waals surface area (Å²) in [7, 11) is 0. The molecule has 0 radical (unpaired) electrons. The summed E-state index contributed by atoms with van der Waals surface area (Å²) in [4.78, 5) is 4.46. The molecule has 2 heterocycles. The summed E-state index contributed by atoms with van der Waals surface area (Å²) in [5.74, 6) is 0.219. The number of phenolic OH excluding ortho intramolecular Hbond substituents is 1. The second-order valence-electron chi connectivity index (χ2n) is 5.16. The minimum atomic E-state index is 0.219. The van der Waals surface area contributed by atoms with Crippen LogP contribution >= 0.6 is 11.6 Å². The van der Waals surface area contributed by atoms with Gasteiger partial charge in [-0.15, -0.1) is 0 Å². The van der Waals surface area contributed by atoms with Gasteiger partial charge in [-0.3, -0.25) is 0 Å². The largest absolute Gasteiger partial charge is 0.508 e. The van der Waals surface area contributed by atoms with Crippen LogP contribution in [0.2, 0.25) is 5.02 Å². The third-order valence-corrected chi connectivity index (χ3v) is 3.91. The number of nitrogens with zero attached hydrogens (tertiary/aromatic N) is 3. The Labute approximate surface area is 137 Å². The van der Waals surface area contributed by atoms with Crippen LogP contribution in [0, 0.1) is 0 Å². The van der Waals surface area contributed by atoms with Gasteiger partial charge in [-0.1, -0.05) is 23.7 Å². The molecule has 4 nitrogen and oxygen atoms in total. The number of halogens is 1. The highest BCUT2D eigenvalue weighted by Gasteiger charge is 2.14. The van der Waals surface area contributed by atoms with E-state index in [0.717, 1.165) is 28.0 Å². The van der Waals surface area contributed by atoms with Gasteiger partial charge in [0, 0.05) is 22.2 Å². The number of hydrogen-bond donors (Lipinski definition) is 1. The maximum atomic E-state index is 9.47. The average Bonchev–Trinajstić information content (AvgIpc) is 2.96. The lowest BCUT2D eigenvalue weighted by Gasteiger charge is -2.02. The van der Waals surface area contributed by atoms with Crippen LogP contribution in [0.3, 0.4) is 0 Å². The maximum absolute atomic E-state index is 9.47. The van der Waals surface area contributed by atoms with Crippen LogP contribution in [-0.2, 0) is 0 Å². The maximum Gasteiger partial charge on any atom is 0.163 e. The van der Waals surface area contributed by atoms with Crippen molar-refractivity contribution < 1.29 is 5.11 Å². The van der Waals surface area contributed by atoms with E-state index in [1.54, 1.807) is 23.0 Å². The highest BCUT2D eigenvalue weighted by molar-refractivity contribution is 6.30. The number of aromatic nitrogens is 3. The van der Waals surface area contributed by atoms with Crippen molar-refractivity contribution in [2.75, 3.05) is 0 Å². The SMILES string of the molecule is Oc1ccc(-n2nc(-c3ccc(Cl)cc3)c3cccnc32)cc1. The second-order valence-corrected chi connectivity index (χ2v) is 5.59. The Morgan fingerprint density at radius 2 is 1.65 bits per heavy atom. The van der Waals surface area contributed by atoms with Gasteiger partial charge in [0.15, 0.2) is 5.65 Å². The summed E-state index contributed by atoms with van der Waals surface area (Å²) >= 11 is 5.97. The molecule has 0 unspecified atom stereocenters. The molecule has 0 saturated heterocycles. The molecule has 0 bridgehead atoms. The van der Waals surface area contributed by atoms with Crippen molar-refractivity contribution in [1.29, 1.82) is 0 Å². The standard InChI is InChI=1S/C18H12ClN3O/c19-13-5-3-12(4-6-13)17-16-2-1-11-20-18(16)22(21-17)14-7-9-15(23)10-8-14/h1-11,23H. The summed E-state index contributed by atoms with van der Waals surface area (Å²) in [6.07, 6.45) is 1.74. The molecule has 0 amide bonds. The number of phenols is 1. The fourth-order valence-electron chi connectivity index (χ4n) is 2.55. The van der Waals surface area contributed by atoms with Gasteiger partial charge in [0.1, 0.15) is 11.4 Å². The average molecular weight is 322 g/mol. The lowest BCUT2D eigenvalue weighted by molar-refractivity contribution is 0.475. The van der Waals surface area contributed by atoms with E-state index in [-0.39, 0.29) is 5.75 Å². The van der Waals surface area contributed by atoms with Gasteiger partial charge >= 0.3 is 0 Å². The van der Waals surface area contributed by atoms with E-state index in [2.05, 4.69) is 4.98 Å². The molecule has 5 heteroatoms. The van der Waals surface area contributed by atoms with Gasteiger partial charge in [-0.05, 0) is 48.5 Å². The number of hydrogen-bond acceptors (Lipinski definition) is 3. The first-order valence-electron chi connectivity index (χ1n) is 7.11. The highest BCUT2D eigenvalue weighted by Crippen LogP contribution is 2.29. The van der Waals surface area contributed by atoms with Gasteiger partial charge < -0.3 is 5.11 Å². The molecule has 0 saturated carbocycles. The minimum Gasteiger partial charge on any atom is -0.508 e. The summed E-state index contributed by atoms with van der Waals surface area (Å²) < 4.78 is 1.78. The summed E-state index contributed by atoms with van der Waals surface area (Å²) in [5.41, 5.74) is 3.43. The summed E-state index contributed by atoms with van der Waals surface area (Å²) in [6, 6.07) is 18.3. The predicted octanol–water partition coefficient (Wildman–Crippen LogP) is 4.45. The third-order valence-electron chi connectivity index (χ3n) is 3.65. The normalized spacial score (nSPS) is 11.0. The van der Waals surface area contributed by atoms with Gasteiger partial charge in [-0.25, -0.2) is 9.67 Å². The van der Waals surface area contributed by atoms with Crippen molar-refractivity contribution in [3.63, 3.8) is 0 Å². The zero-order chi connectivity index (χ0) is 15.8. The number of pyridine rings is 1. The highest BCUT2D eigenvalue weighted by atomic mass is 35.5. The van der Waals surface area contributed by atoms with Gasteiger partial charge in [0.2, 0.25) is 0 Å². The van der Waals surface area contributed by atoms with Gasteiger partial charge in [0.25, 0.3) is 0 Å². The smallest absolute Gasteiger partial charge is 0.163 e. The van der Waals surface area contributed by atoms with E-state index in [9.17, 15) is 5.11 Å². The van der Waals surface area contributed by atoms with Crippen LogP contribution in [-0.4, -0.2) is 19.9 Å². The minimum absolute atomic E-state index is 0.219. The van der Waals surface area contributed by atoms with Crippen molar-refractivity contribution in [2.45, 2.75) is 0 Å². The lowest BCUT2D eigenvalue weighted by Crippen LogP contribution is -1.97. The van der Waals surface area contributed by atoms with Crippen LogP contribution in [0.5, 0.6) is 5.75 Å². The molecular formula is C18H12ClN3O. The Morgan fingerprint density at radius 1 is 0.913 bits per heavy atom. The van der Waals surface area contributed by atoms with E-state index >= 15 is 0 Å². The zero-order valence-electron chi connectivity index (χ0n) is 12.0. The fraction of sp³-hybridized carbons (Fsp3) is 0. The molecule has 0 aliphatic carbocycles. The van der Waals surface area contributed by atoms with Crippen LogP contribution < -0.4 is 0 Å². The van der Waals surface area contributed by atoms with E-state index in [1.165, 1.54) is 0 Å². The van der Waals surface area contributed by atoms with Gasteiger partial charge in [0.05, 0.1) is 5.69 Å². The number of benzene rings is 2. The quantitative estimate of drug-likeness (QED) is 0.593. The molecule has 112 valence electrons. The Hall–Kier alpha value is -2.85. The summed E-state index contributed by atoms with van der Waals surface area (Å²) in [5, 5.41) is 15.8. The lowest BCUT2D eigenvalue weighted by atomic mass is 10.1. The van der Waals surface area contributed by atoms with Crippen LogP contribution in [0.25, 0.3) is 28.0 Å². The van der Waals surface area contributed by atoms with Crippen molar-refractivity contribution in [3.05, 3.63) is 71.9 Å². The molecule has 2 aromatic heterocycles. The van der Waals surface area contributed by atoms with Crippen molar-refractivity contribution >= 4 is 22.6 Å². The van der Waals surface area contributed by atoms with Crippen molar-refractivity contribution in [3.8, 4) is 22.7 Å². The molecule has 2 aromatic carbocycles. The van der Waals surface area contributed by atoms with Crippen LogP contribution in [0.15, 0.2) is 66.9 Å². The van der Waals surface area contributed by atoms with Crippen LogP contribution in [0.4, 0.5) is 0 Å². The van der Waals surface area contributed by atoms with E-state index in [1.807, 2.05) is 48.5 Å². The van der Waals surface area contributed by atoms with Crippen LogP contribution in [0.1, 0.15) is 0 Å². The number of rotatable bonds is 2. The molecule has 0 spiro atoms. The Kier molecular flexibility index (Phi) is 3.24. The molecule has 23 heavy (non-hydrogen) atoms. The van der Waals surface area contributed by atoms with E-state index in [4.69, 9.17) is 16.7 Å². The molecule has 0 fully saturated rings. The molecule has 0 aliphatic heterocycles. The molecule has 4 rings (SSSR count). The Morgan fingerprint density at radius 3 is 2.39 bits per heavy atom. The second kappa shape index (κ2) is 5.41. The molecule has 1 N–H and O–H groups in total. The monoisotopic (exact) mass is 321 g/mol. The Bertz CT molecular complexity index is 896. The number of aromatic hydroxyl groups is 1. The summed E-state index contributed by atoms with van der Waals surface area (Å²) in [6.45, 7) is 0. The molecule has 0 aliphatic rings.